The molecule has 0 saturated carbocycles. The molecule has 0 saturated heterocycles. The zero-order chi connectivity index (χ0) is 18.0. The summed E-state index contributed by atoms with van der Waals surface area (Å²) >= 11 is 0. The van der Waals surface area contributed by atoms with E-state index < -0.39 is 0 Å². The average molecular weight is 463 g/mol. The summed E-state index contributed by atoms with van der Waals surface area (Å²) in [5.41, 5.74) is 1.24. The quantitative estimate of drug-likeness (QED) is 0.255. The van der Waals surface area contributed by atoms with Gasteiger partial charge in [-0.2, -0.15) is 0 Å². The lowest BCUT2D eigenvalue weighted by Crippen LogP contribution is -2.44. The molecule has 0 aliphatic carbocycles. The van der Waals surface area contributed by atoms with Crippen molar-refractivity contribution in [3.05, 3.63) is 29.8 Å². The minimum Gasteiger partial charge on any atom is -0.493 e. The first-order chi connectivity index (χ1) is 11.4. The summed E-state index contributed by atoms with van der Waals surface area (Å²) < 4.78 is 10.8. The maximum Gasteiger partial charge on any atom is 0.191 e. The average Bonchev–Trinajstić information content (AvgIpc) is 2.56. The molecule has 0 aliphatic rings. The van der Waals surface area contributed by atoms with Gasteiger partial charge in [-0.3, -0.25) is 4.99 Å². The zero-order valence-corrected chi connectivity index (χ0v) is 18.7. The molecule has 0 bridgehead atoms. The second kappa shape index (κ2) is 12.4. The third-order valence-corrected chi connectivity index (χ3v) is 3.74. The molecular formula is C19H34IN3O2. The van der Waals surface area contributed by atoms with E-state index in [9.17, 15) is 0 Å². The van der Waals surface area contributed by atoms with Gasteiger partial charge in [-0.25, -0.2) is 0 Å². The monoisotopic (exact) mass is 463 g/mol. The van der Waals surface area contributed by atoms with Crippen LogP contribution in [0.4, 0.5) is 0 Å². The number of hydrogen-bond acceptors (Lipinski definition) is 3. The number of guanidine groups is 1. The molecule has 0 spiro atoms. The first kappa shape index (κ1) is 24.0. The van der Waals surface area contributed by atoms with Crippen LogP contribution in [0.5, 0.6) is 5.75 Å². The molecule has 6 heteroatoms. The van der Waals surface area contributed by atoms with Gasteiger partial charge in [-0.15, -0.1) is 24.0 Å². The van der Waals surface area contributed by atoms with Crippen LogP contribution in [-0.4, -0.2) is 46.4 Å². The van der Waals surface area contributed by atoms with Crippen molar-refractivity contribution in [3.63, 3.8) is 0 Å². The van der Waals surface area contributed by atoms with Crippen LogP contribution in [0.25, 0.3) is 0 Å². The summed E-state index contributed by atoms with van der Waals surface area (Å²) in [6.45, 7) is 11.6. The summed E-state index contributed by atoms with van der Waals surface area (Å²) in [6, 6.07) is 8.37. The van der Waals surface area contributed by atoms with Gasteiger partial charge in [0.05, 0.1) is 13.2 Å². The Bertz CT molecular complexity index is 502. The number of hydrogen-bond donors (Lipinski definition) is 2. The highest BCUT2D eigenvalue weighted by molar-refractivity contribution is 14.0. The van der Waals surface area contributed by atoms with E-state index in [4.69, 9.17) is 9.47 Å². The number of rotatable bonds is 9. The van der Waals surface area contributed by atoms with Crippen LogP contribution >= 0.6 is 24.0 Å². The molecule has 5 nitrogen and oxygen atoms in total. The van der Waals surface area contributed by atoms with Crippen molar-refractivity contribution >= 4 is 29.9 Å². The molecule has 2 N–H and O–H groups in total. The lowest BCUT2D eigenvalue weighted by molar-refractivity contribution is 0.203. The minimum atomic E-state index is -0.0184. The fraction of sp³-hybridized carbons (Fsp3) is 0.632. The maximum absolute atomic E-state index is 5.75. The molecule has 0 atom stereocenters. The third kappa shape index (κ3) is 9.30. The van der Waals surface area contributed by atoms with Crippen molar-refractivity contribution in [2.45, 2.75) is 33.1 Å². The van der Waals surface area contributed by atoms with Crippen LogP contribution in [0.15, 0.2) is 29.3 Å². The maximum atomic E-state index is 5.75. The molecule has 0 heterocycles. The molecule has 144 valence electrons. The van der Waals surface area contributed by atoms with E-state index in [1.54, 1.807) is 14.2 Å². The lowest BCUT2D eigenvalue weighted by atomic mass is 9.84. The fourth-order valence-corrected chi connectivity index (χ4v) is 2.16. The molecule has 0 amide bonds. The van der Waals surface area contributed by atoms with Gasteiger partial charge in [0.15, 0.2) is 5.96 Å². The fourth-order valence-electron chi connectivity index (χ4n) is 2.16. The van der Waals surface area contributed by atoms with Gasteiger partial charge in [0.2, 0.25) is 0 Å². The van der Waals surface area contributed by atoms with Crippen LogP contribution < -0.4 is 15.4 Å². The van der Waals surface area contributed by atoms with E-state index in [1.165, 1.54) is 5.56 Å². The Labute approximate surface area is 170 Å². The number of nitrogens with one attached hydrogen (secondary N) is 2. The normalized spacial score (nSPS) is 11.9. The number of halogens is 1. The highest BCUT2D eigenvalue weighted by Gasteiger charge is 2.21. The topological polar surface area (TPSA) is 54.9 Å². The Morgan fingerprint density at radius 2 is 1.80 bits per heavy atom. The number of aliphatic imine (C=N–C) groups is 1. The second-order valence-corrected chi connectivity index (χ2v) is 6.96. The SMILES string of the molecule is CN=C(NCCOC)NCC(C)(C)c1ccc(OCC(C)C)cc1.I. The molecular weight excluding hydrogens is 429 g/mol. The van der Waals surface area contributed by atoms with Gasteiger partial charge in [0.1, 0.15) is 5.75 Å². The minimum absolute atomic E-state index is 0. The van der Waals surface area contributed by atoms with Gasteiger partial charge >= 0.3 is 0 Å². The molecule has 25 heavy (non-hydrogen) atoms. The Hall–Kier alpha value is -1.02. The molecule has 0 unspecified atom stereocenters. The van der Waals surface area contributed by atoms with Gasteiger partial charge in [0.25, 0.3) is 0 Å². The van der Waals surface area contributed by atoms with Gasteiger partial charge in [-0.1, -0.05) is 39.8 Å². The van der Waals surface area contributed by atoms with Crippen LogP contribution in [-0.2, 0) is 10.2 Å². The van der Waals surface area contributed by atoms with Crippen LogP contribution in [0, 0.1) is 5.92 Å². The predicted octanol–water partition coefficient (Wildman–Crippen LogP) is 3.43. The molecule has 0 aromatic heterocycles. The number of methoxy groups -OCH3 is 1. The summed E-state index contributed by atoms with van der Waals surface area (Å²) in [6.07, 6.45) is 0. The van der Waals surface area contributed by atoms with Crippen LogP contribution in [0.3, 0.4) is 0 Å². The van der Waals surface area contributed by atoms with E-state index in [0.29, 0.717) is 12.5 Å². The standard InChI is InChI=1S/C19H33N3O2.HI/c1-15(2)13-24-17-9-7-16(8-10-17)19(3,4)14-22-18(20-5)21-11-12-23-6;/h7-10,15H,11-14H2,1-6H3,(H2,20,21,22);1H. The van der Waals surface area contributed by atoms with Crippen LogP contribution in [0.2, 0.25) is 0 Å². The highest BCUT2D eigenvalue weighted by Crippen LogP contribution is 2.24. The van der Waals surface area contributed by atoms with Gasteiger partial charge in [-0.05, 0) is 23.6 Å². The molecule has 0 radical (unpaired) electrons. The Kier molecular flexibility index (Phi) is 11.8. The van der Waals surface area contributed by atoms with Crippen molar-refractivity contribution < 1.29 is 9.47 Å². The summed E-state index contributed by atoms with van der Waals surface area (Å²) in [4.78, 5) is 4.23. The summed E-state index contributed by atoms with van der Waals surface area (Å²) in [5.74, 6) is 2.24. The molecule has 1 aromatic rings. The first-order valence-corrected chi connectivity index (χ1v) is 8.56. The van der Waals surface area contributed by atoms with Crippen LogP contribution in [0.1, 0.15) is 33.3 Å². The smallest absolute Gasteiger partial charge is 0.191 e. The molecule has 0 fully saturated rings. The Balaban J connectivity index is 0.00000576. The number of benzene rings is 1. The van der Waals surface area contributed by atoms with Crippen molar-refractivity contribution in [1.29, 1.82) is 0 Å². The Morgan fingerprint density at radius 3 is 2.32 bits per heavy atom. The van der Waals surface area contributed by atoms with E-state index >= 15 is 0 Å². The van der Waals surface area contributed by atoms with E-state index in [0.717, 1.165) is 31.4 Å². The molecule has 0 aliphatic heterocycles. The first-order valence-electron chi connectivity index (χ1n) is 8.56. The number of ether oxygens (including phenoxy) is 2. The second-order valence-electron chi connectivity index (χ2n) is 6.96. The van der Waals surface area contributed by atoms with E-state index in [-0.39, 0.29) is 29.4 Å². The van der Waals surface area contributed by atoms with Gasteiger partial charge < -0.3 is 20.1 Å². The van der Waals surface area contributed by atoms with Gasteiger partial charge in [0, 0.05) is 32.7 Å². The third-order valence-electron chi connectivity index (χ3n) is 3.74. The largest absolute Gasteiger partial charge is 0.493 e. The van der Waals surface area contributed by atoms with E-state index in [2.05, 4.69) is 55.5 Å². The summed E-state index contributed by atoms with van der Waals surface area (Å²) in [7, 11) is 3.46. The van der Waals surface area contributed by atoms with Crippen molar-refractivity contribution in [2.24, 2.45) is 10.9 Å². The highest BCUT2D eigenvalue weighted by atomic mass is 127. The number of nitrogens with zero attached hydrogens (tertiary/aromatic N) is 1. The van der Waals surface area contributed by atoms with E-state index in [1.807, 2.05) is 12.1 Å². The predicted molar refractivity (Wildman–Crippen MR) is 116 cm³/mol. The molecule has 1 rings (SSSR count). The van der Waals surface area contributed by atoms with Crippen molar-refractivity contribution in [3.8, 4) is 5.75 Å². The summed E-state index contributed by atoms with van der Waals surface area (Å²) in [5, 5.41) is 6.60. The zero-order valence-electron chi connectivity index (χ0n) is 16.4. The molecule has 1 aromatic carbocycles. The van der Waals surface area contributed by atoms with Crippen molar-refractivity contribution in [2.75, 3.05) is 40.5 Å². The Morgan fingerprint density at radius 1 is 1.16 bits per heavy atom. The lowest BCUT2D eigenvalue weighted by Gasteiger charge is -2.27. The van der Waals surface area contributed by atoms with Crippen molar-refractivity contribution in [1.82, 2.24) is 10.6 Å².